The van der Waals surface area contributed by atoms with Gasteiger partial charge >= 0.3 is 0 Å². The summed E-state index contributed by atoms with van der Waals surface area (Å²) in [6, 6.07) is 5.45. The average Bonchev–Trinajstić information content (AvgIpc) is 3.17. The zero-order valence-electron chi connectivity index (χ0n) is 15.1. The molecule has 0 spiro atoms. The van der Waals surface area contributed by atoms with Crippen LogP contribution in [-0.2, 0) is 18.4 Å². The number of rotatable bonds is 6. The van der Waals surface area contributed by atoms with E-state index in [1.807, 2.05) is 19.1 Å². The minimum atomic E-state index is -0.994. The number of fused-ring (bicyclic) bond motifs is 1. The van der Waals surface area contributed by atoms with E-state index in [9.17, 15) is 9.90 Å². The minimum absolute atomic E-state index is 0.267. The van der Waals surface area contributed by atoms with Crippen molar-refractivity contribution in [2.45, 2.75) is 25.7 Å². The zero-order chi connectivity index (χ0) is 19.0. The van der Waals surface area contributed by atoms with Crippen molar-refractivity contribution in [2.75, 3.05) is 13.2 Å². The Labute approximate surface area is 159 Å². The summed E-state index contributed by atoms with van der Waals surface area (Å²) in [5.74, 6) is 0.302. The van der Waals surface area contributed by atoms with Crippen molar-refractivity contribution < 1.29 is 19.4 Å². The van der Waals surface area contributed by atoms with Crippen molar-refractivity contribution in [3.8, 4) is 5.75 Å². The van der Waals surface area contributed by atoms with Crippen molar-refractivity contribution in [1.82, 2.24) is 20.1 Å². The molecule has 1 atom stereocenters. The Balaban J connectivity index is 1.58. The number of carbonyl (C=O) groups is 1. The predicted octanol–water partition coefficient (Wildman–Crippen LogP) is 1.76. The highest BCUT2D eigenvalue weighted by Crippen LogP contribution is 2.27. The molecule has 0 bridgehead atoms. The van der Waals surface area contributed by atoms with Crippen LogP contribution in [0, 0.1) is 6.92 Å². The summed E-state index contributed by atoms with van der Waals surface area (Å²) in [4.78, 5) is 18.0. The second kappa shape index (κ2) is 6.91. The summed E-state index contributed by atoms with van der Waals surface area (Å²) in [7, 11) is 1.71. The molecule has 3 aromatic rings. The fourth-order valence-corrected chi connectivity index (χ4v) is 3.75. The first-order valence-corrected chi connectivity index (χ1v) is 9.39. The van der Waals surface area contributed by atoms with Crippen LogP contribution in [0.4, 0.5) is 0 Å². The van der Waals surface area contributed by atoms with Crippen LogP contribution in [0.3, 0.4) is 0 Å². The number of aliphatic hydroxyl groups excluding tert-OH is 1. The number of hydrogen-bond acceptors (Lipinski definition) is 7. The van der Waals surface area contributed by atoms with E-state index in [0.717, 1.165) is 9.88 Å². The second-order valence-corrected chi connectivity index (χ2v) is 7.81. The van der Waals surface area contributed by atoms with Crippen LogP contribution in [0.15, 0.2) is 24.4 Å². The number of carbonyl (C=O) groups excluding carboxylic acids is 1. The largest absolute Gasteiger partial charge is 0.488 e. The van der Waals surface area contributed by atoms with Gasteiger partial charge in [-0.1, -0.05) is 0 Å². The third kappa shape index (κ3) is 3.41. The Kier molecular flexibility index (Phi) is 4.58. The molecule has 1 aliphatic heterocycles. The fraction of sp³-hybridized carbons (Fsp3) is 0.389. The lowest BCUT2D eigenvalue weighted by atomic mass is 10.1. The third-order valence-corrected chi connectivity index (χ3v) is 5.44. The van der Waals surface area contributed by atoms with Crippen molar-refractivity contribution in [2.24, 2.45) is 7.05 Å². The molecule has 8 nitrogen and oxygen atoms in total. The highest BCUT2D eigenvalue weighted by atomic mass is 32.1. The highest BCUT2D eigenvalue weighted by molar-refractivity contribution is 7.11. The van der Waals surface area contributed by atoms with Crippen LogP contribution in [0.2, 0.25) is 0 Å². The van der Waals surface area contributed by atoms with Crippen molar-refractivity contribution in [3.63, 3.8) is 0 Å². The van der Waals surface area contributed by atoms with E-state index in [2.05, 4.69) is 15.4 Å². The lowest BCUT2D eigenvalue weighted by molar-refractivity contribution is -0.182. The predicted molar refractivity (Wildman–Crippen MR) is 99.7 cm³/mol. The van der Waals surface area contributed by atoms with E-state index >= 15 is 0 Å². The van der Waals surface area contributed by atoms with Gasteiger partial charge in [0, 0.05) is 25.1 Å². The van der Waals surface area contributed by atoms with Gasteiger partial charge in [-0.05, 0) is 25.1 Å². The quantitative estimate of drug-likeness (QED) is 0.668. The monoisotopic (exact) mass is 388 g/mol. The molecule has 27 heavy (non-hydrogen) atoms. The maximum Gasteiger partial charge on any atom is 0.272 e. The van der Waals surface area contributed by atoms with Crippen LogP contribution < -0.4 is 10.1 Å². The van der Waals surface area contributed by atoms with Gasteiger partial charge in [-0.15, -0.1) is 11.3 Å². The molecule has 0 aliphatic carbocycles. The molecule has 1 amide bonds. The van der Waals surface area contributed by atoms with Gasteiger partial charge in [-0.2, -0.15) is 5.10 Å². The van der Waals surface area contributed by atoms with E-state index in [1.165, 1.54) is 4.68 Å². The molecule has 0 radical (unpaired) electrons. The summed E-state index contributed by atoms with van der Waals surface area (Å²) in [5, 5.41) is 18.3. The van der Waals surface area contributed by atoms with E-state index in [0.29, 0.717) is 42.0 Å². The average molecular weight is 388 g/mol. The number of ether oxygens (including phenoxy) is 2. The Morgan fingerprint density at radius 1 is 1.52 bits per heavy atom. The molecule has 1 aliphatic rings. The molecular weight excluding hydrogens is 368 g/mol. The highest BCUT2D eigenvalue weighted by Gasteiger charge is 2.40. The van der Waals surface area contributed by atoms with E-state index in [1.54, 1.807) is 30.6 Å². The molecule has 1 aromatic carbocycles. The molecule has 1 unspecified atom stereocenters. The number of aliphatic hydroxyl groups is 1. The van der Waals surface area contributed by atoms with Crippen molar-refractivity contribution in [3.05, 3.63) is 40.0 Å². The maximum atomic E-state index is 12.8. The number of hydrogen-bond donors (Lipinski definition) is 2. The molecule has 1 saturated heterocycles. The molecule has 1 fully saturated rings. The van der Waals surface area contributed by atoms with Gasteiger partial charge < -0.3 is 19.9 Å². The first-order chi connectivity index (χ1) is 13.0. The van der Waals surface area contributed by atoms with Crippen molar-refractivity contribution in [1.29, 1.82) is 0 Å². The number of thiazole rings is 1. The van der Waals surface area contributed by atoms with Gasteiger partial charge in [-0.25, -0.2) is 4.98 Å². The van der Waals surface area contributed by atoms with Gasteiger partial charge in [0.1, 0.15) is 18.1 Å². The smallest absolute Gasteiger partial charge is 0.272 e. The van der Waals surface area contributed by atoms with Gasteiger partial charge in [0.05, 0.1) is 28.6 Å². The standard InChI is InChI=1S/C18H20N4O4S/c1-11-19-8-13(27-11)9-25-12-3-4-15-14(7-12)16(22(2)21-15)17(24)20-18(10-23)5-6-26-18/h3-4,7-8,23H,5-6,9-10H2,1-2H3,(H,20,24). The lowest BCUT2D eigenvalue weighted by Gasteiger charge is -2.40. The van der Waals surface area contributed by atoms with Crippen LogP contribution in [-0.4, -0.2) is 44.7 Å². The van der Waals surface area contributed by atoms with E-state index in [-0.39, 0.29) is 12.5 Å². The zero-order valence-corrected chi connectivity index (χ0v) is 15.9. The van der Waals surface area contributed by atoms with E-state index in [4.69, 9.17) is 9.47 Å². The first-order valence-electron chi connectivity index (χ1n) is 8.58. The third-order valence-electron chi connectivity index (χ3n) is 4.55. The van der Waals surface area contributed by atoms with Crippen LogP contribution in [0.1, 0.15) is 26.8 Å². The van der Waals surface area contributed by atoms with Crippen molar-refractivity contribution >= 4 is 28.1 Å². The summed E-state index contributed by atoms with van der Waals surface area (Å²) < 4.78 is 12.7. The lowest BCUT2D eigenvalue weighted by Crippen LogP contribution is -2.60. The summed E-state index contributed by atoms with van der Waals surface area (Å²) in [5.41, 5.74) is 0.0925. The van der Waals surface area contributed by atoms with Gasteiger partial charge in [-0.3, -0.25) is 9.48 Å². The SMILES string of the molecule is Cc1ncc(COc2ccc3nn(C)c(C(=O)NC4(CO)CCO4)c3c2)s1. The van der Waals surface area contributed by atoms with Gasteiger partial charge in [0.15, 0.2) is 5.72 Å². The summed E-state index contributed by atoms with van der Waals surface area (Å²) >= 11 is 1.59. The van der Waals surface area contributed by atoms with E-state index < -0.39 is 5.72 Å². The number of aromatic nitrogens is 3. The molecule has 2 N–H and O–H groups in total. The number of aryl methyl sites for hydroxylation is 2. The summed E-state index contributed by atoms with van der Waals surface area (Å²) in [6.07, 6.45) is 2.38. The van der Waals surface area contributed by atoms with Crippen LogP contribution in [0.5, 0.6) is 5.75 Å². The number of amides is 1. The van der Waals surface area contributed by atoms with Gasteiger partial charge in [0.25, 0.3) is 5.91 Å². The normalized spacial score (nSPS) is 19.1. The Morgan fingerprint density at radius 2 is 2.33 bits per heavy atom. The number of nitrogens with zero attached hydrogens (tertiary/aromatic N) is 3. The minimum Gasteiger partial charge on any atom is -0.488 e. The van der Waals surface area contributed by atoms with Crippen LogP contribution in [0.25, 0.3) is 10.9 Å². The molecular formula is C18H20N4O4S. The topological polar surface area (TPSA) is 98.5 Å². The van der Waals surface area contributed by atoms with Crippen LogP contribution >= 0.6 is 11.3 Å². The van der Waals surface area contributed by atoms with Gasteiger partial charge in [0.2, 0.25) is 0 Å². The second-order valence-electron chi connectivity index (χ2n) is 6.49. The molecule has 3 heterocycles. The first kappa shape index (κ1) is 17.9. The number of benzene rings is 1. The molecule has 0 saturated carbocycles. The fourth-order valence-electron chi connectivity index (χ4n) is 3.04. The Bertz CT molecular complexity index is 987. The molecule has 2 aromatic heterocycles. The Morgan fingerprint density at radius 3 is 2.96 bits per heavy atom. The maximum absolute atomic E-state index is 12.8. The Hall–Kier alpha value is -2.49. The summed E-state index contributed by atoms with van der Waals surface area (Å²) in [6.45, 7) is 2.62. The molecule has 142 valence electrons. The number of nitrogens with one attached hydrogen (secondary N) is 1. The molecule has 9 heteroatoms. The molecule has 4 rings (SSSR count).